The van der Waals surface area contributed by atoms with Gasteiger partial charge in [-0.1, -0.05) is 36.4 Å². The van der Waals surface area contributed by atoms with E-state index in [0.717, 1.165) is 35.9 Å². The molecule has 3 aromatic heterocycles. The average Bonchev–Trinajstić information content (AvgIpc) is 3.47. The Balaban J connectivity index is 1.42. The first-order valence-corrected chi connectivity index (χ1v) is 14.7. The molecule has 0 radical (unpaired) electrons. The number of amides is 2. The molecule has 0 saturated carbocycles. The number of aromatic nitrogens is 4. The number of nitrogens with zero attached hydrogens (tertiary/aromatic N) is 5. The van der Waals surface area contributed by atoms with E-state index in [1.165, 1.54) is 11.6 Å². The van der Waals surface area contributed by atoms with E-state index in [9.17, 15) is 13.2 Å². The molecule has 2 saturated heterocycles. The second kappa shape index (κ2) is 9.62. The normalized spacial score (nSPS) is 20.9. The van der Waals surface area contributed by atoms with Crippen LogP contribution in [-0.2, 0) is 14.7 Å². The lowest BCUT2D eigenvalue weighted by molar-refractivity contribution is 0.0650. The first-order chi connectivity index (χ1) is 18.8. The molecule has 2 amide bonds. The molecule has 2 fully saturated rings. The Labute approximate surface area is 225 Å². The number of fused-ring (bicyclic) bond motifs is 3. The minimum atomic E-state index is -3.72. The van der Waals surface area contributed by atoms with Gasteiger partial charge >= 0.3 is 6.03 Å². The number of carbonyl (C=O) groups is 1. The molecule has 1 aromatic carbocycles. The molecule has 11 nitrogen and oxygen atoms in total. The SMILES string of the molecule is CONC(=O)N1C2CC[C@H]1CC(c1nc3c(-c4ccc(-c5ccccc5)nc4)cnn3c(N)c1S(C)(=O)=O)C2. The number of hydrogen-bond acceptors (Lipinski definition) is 8. The van der Waals surface area contributed by atoms with Crippen LogP contribution < -0.4 is 11.2 Å². The fraction of sp³-hybridized carbons (Fsp3) is 0.333. The van der Waals surface area contributed by atoms with Crippen LogP contribution in [0.25, 0.3) is 28.0 Å². The van der Waals surface area contributed by atoms with Crippen LogP contribution in [0.2, 0.25) is 0 Å². The fourth-order valence-electron chi connectivity index (χ4n) is 6.08. The van der Waals surface area contributed by atoms with Crippen molar-refractivity contribution in [3.05, 3.63) is 60.6 Å². The number of urea groups is 1. The zero-order valence-electron chi connectivity index (χ0n) is 21.6. The lowest BCUT2D eigenvalue weighted by Gasteiger charge is -2.38. The van der Waals surface area contributed by atoms with Crippen LogP contribution in [-0.4, -0.2) is 64.4 Å². The summed E-state index contributed by atoms with van der Waals surface area (Å²) in [6, 6.07) is 13.4. The minimum Gasteiger partial charge on any atom is -0.382 e. The monoisotopic (exact) mass is 547 g/mol. The highest BCUT2D eigenvalue weighted by atomic mass is 32.2. The summed E-state index contributed by atoms with van der Waals surface area (Å²) in [6.07, 6.45) is 7.36. The predicted octanol–water partition coefficient (Wildman–Crippen LogP) is 3.43. The third kappa shape index (κ3) is 4.39. The second-order valence-electron chi connectivity index (χ2n) is 10.1. The second-order valence-corrected chi connectivity index (χ2v) is 12.1. The van der Waals surface area contributed by atoms with Crippen LogP contribution >= 0.6 is 0 Å². The van der Waals surface area contributed by atoms with E-state index in [1.807, 2.05) is 47.4 Å². The maximum absolute atomic E-state index is 13.0. The number of hydrogen-bond donors (Lipinski definition) is 2. The minimum absolute atomic E-state index is 0.00129. The van der Waals surface area contributed by atoms with E-state index in [1.54, 1.807) is 12.4 Å². The largest absolute Gasteiger partial charge is 0.382 e. The summed E-state index contributed by atoms with van der Waals surface area (Å²) < 4.78 is 27.4. The molecule has 3 N–H and O–H groups in total. The predicted molar refractivity (Wildman–Crippen MR) is 145 cm³/mol. The number of nitrogen functional groups attached to an aromatic ring is 1. The molecule has 3 atom stereocenters. The van der Waals surface area contributed by atoms with Crippen molar-refractivity contribution in [2.45, 2.75) is 48.6 Å². The van der Waals surface area contributed by atoms with Gasteiger partial charge in [-0.2, -0.15) is 9.61 Å². The van der Waals surface area contributed by atoms with Crippen LogP contribution in [0.3, 0.4) is 0 Å². The number of carbonyl (C=O) groups excluding carboxylic acids is 1. The summed E-state index contributed by atoms with van der Waals surface area (Å²) in [4.78, 5) is 28.8. The lowest BCUT2D eigenvalue weighted by atomic mass is 9.88. The molecule has 12 heteroatoms. The molecule has 39 heavy (non-hydrogen) atoms. The van der Waals surface area contributed by atoms with Crippen LogP contribution in [0.15, 0.2) is 59.8 Å². The molecule has 0 spiro atoms. The van der Waals surface area contributed by atoms with Gasteiger partial charge < -0.3 is 10.6 Å². The summed E-state index contributed by atoms with van der Waals surface area (Å²) >= 11 is 0. The summed E-state index contributed by atoms with van der Waals surface area (Å²) in [5.74, 6) is -0.156. The maximum Gasteiger partial charge on any atom is 0.341 e. The Bertz CT molecular complexity index is 1640. The number of sulfone groups is 1. The van der Waals surface area contributed by atoms with Crippen molar-refractivity contribution in [2.24, 2.45) is 0 Å². The van der Waals surface area contributed by atoms with Crippen molar-refractivity contribution in [3.8, 4) is 22.4 Å². The van der Waals surface area contributed by atoms with Crippen LogP contribution in [0, 0.1) is 0 Å². The molecule has 6 rings (SSSR count). The Kier molecular flexibility index (Phi) is 6.23. The van der Waals surface area contributed by atoms with Crippen molar-refractivity contribution >= 4 is 27.3 Å². The van der Waals surface area contributed by atoms with Gasteiger partial charge in [-0.15, -0.1) is 0 Å². The molecule has 4 aromatic rings. The topological polar surface area (TPSA) is 145 Å². The smallest absolute Gasteiger partial charge is 0.341 e. The third-order valence-corrected chi connectivity index (χ3v) is 8.88. The molecule has 0 aliphatic carbocycles. The highest BCUT2D eigenvalue weighted by Crippen LogP contribution is 2.45. The average molecular weight is 548 g/mol. The molecule has 2 aliphatic heterocycles. The van der Waals surface area contributed by atoms with Gasteiger partial charge in [-0.05, 0) is 31.7 Å². The summed E-state index contributed by atoms with van der Waals surface area (Å²) in [6.45, 7) is 0. The van der Waals surface area contributed by atoms with E-state index < -0.39 is 9.84 Å². The molecular weight excluding hydrogens is 518 g/mol. The van der Waals surface area contributed by atoms with Gasteiger partial charge in [-0.3, -0.25) is 9.82 Å². The van der Waals surface area contributed by atoms with E-state index in [-0.39, 0.29) is 34.7 Å². The standard InChI is InChI=1S/C27H29N7O4S/c1-38-32-27(35)33-19-9-10-20(33)13-18(12-19)23-24(39(2,36)37)25(28)34-26(31-23)21(15-30-34)17-8-11-22(29-14-17)16-6-4-3-5-7-16/h3-8,11,14-15,18-20H,9-10,12-13,28H2,1-2H3,(H,32,35)/t18?,19-,20?/m0/s1. The zero-order valence-corrected chi connectivity index (χ0v) is 22.4. The quantitative estimate of drug-likeness (QED) is 0.362. The molecule has 2 aliphatic rings. The number of nitrogens with two attached hydrogens (primary N) is 1. The van der Waals surface area contributed by atoms with E-state index in [2.05, 4.69) is 15.6 Å². The van der Waals surface area contributed by atoms with Crippen LogP contribution in [0.1, 0.15) is 37.3 Å². The highest BCUT2D eigenvalue weighted by Gasteiger charge is 2.45. The third-order valence-electron chi connectivity index (χ3n) is 7.72. The van der Waals surface area contributed by atoms with E-state index in [0.29, 0.717) is 29.7 Å². The van der Waals surface area contributed by atoms with Crippen molar-refractivity contribution in [3.63, 3.8) is 0 Å². The number of benzene rings is 1. The summed E-state index contributed by atoms with van der Waals surface area (Å²) in [5, 5.41) is 4.40. The Morgan fingerprint density at radius 1 is 1.05 bits per heavy atom. The Hall–Kier alpha value is -4.03. The van der Waals surface area contributed by atoms with E-state index in [4.69, 9.17) is 15.6 Å². The van der Waals surface area contributed by atoms with Gasteiger partial charge in [0.05, 0.1) is 24.7 Å². The maximum atomic E-state index is 13.0. The van der Waals surface area contributed by atoms with E-state index >= 15 is 0 Å². The number of hydroxylamine groups is 1. The molecule has 202 valence electrons. The van der Waals surface area contributed by atoms with Gasteiger partial charge in [-0.25, -0.2) is 23.7 Å². The van der Waals surface area contributed by atoms with Crippen molar-refractivity contribution in [1.82, 2.24) is 30.0 Å². The highest BCUT2D eigenvalue weighted by molar-refractivity contribution is 7.91. The number of rotatable bonds is 5. The Morgan fingerprint density at radius 2 is 1.77 bits per heavy atom. The van der Waals surface area contributed by atoms with Crippen molar-refractivity contribution in [1.29, 1.82) is 0 Å². The lowest BCUT2D eigenvalue weighted by Crippen LogP contribution is -2.50. The van der Waals surface area contributed by atoms with Crippen molar-refractivity contribution < 1.29 is 18.0 Å². The van der Waals surface area contributed by atoms with Crippen LogP contribution in [0.5, 0.6) is 0 Å². The van der Waals surface area contributed by atoms with Crippen molar-refractivity contribution in [2.75, 3.05) is 19.1 Å². The van der Waals surface area contributed by atoms with Gasteiger partial charge in [0.25, 0.3) is 0 Å². The summed E-state index contributed by atoms with van der Waals surface area (Å²) in [7, 11) is -2.32. The van der Waals surface area contributed by atoms with Gasteiger partial charge in [0.2, 0.25) is 0 Å². The fourth-order valence-corrected chi connectivity index (χ4v) is 7.14. The Morgan fingerprint density at radius 3 is 2.38 bits per heavy atom. The van der Waals surface area contributed by atoms with Gasteiger partial charge in [0.15, 0.2) is 15.5 Å². The first-order valence-electron chi connectivity index (χ1n) is 12.8. The molecule has 5 heterocycles. The number of piperidine rings is 1. The molecular formula is C27H29N7O4S. The summed E-state index contributed by atoms with van der Waals surface area (Å²) in [5.41, 5.74) is 13.1. The molecule has 2 unspecified atom stereocenters. The number of nitrogens with one attached hydrogen (secondary N) is 1. The number of anilines is 1. The van der Waals surface area contributed by atoms with Crippen LogP contribution in [0.4, 0.5) is 10.6 Å². The zero-order chi connectivity index (χ0) is 27.3. The van der Waals surface area contributed by atoms with Gasteiger partial charge in [0, 0.05) is 47.1 Å². The molecule has 2 bridgehead atoms. The first kappa shape index (κ1) is 25.3. The van der Waals surface area contributed by atoms with Gasteiger partial charge in [0.1, 0.15) is 10.7 Å². The number of pyridine rings is 1.